The van der Waals surface area contributed by atoms with Crippen molar-refractivity contribution in [3.8, 4) is 0 Å². The van der Waals surface area contributed by atoms with E-state index in [1.54, 1.807) is 4.90 Å². The number of hydrogen-bond donors (Lipinski definition) is 1. The maximum absolute atomic E-state index is 11.8. The molecular weight excluding hydrogens is 194 g/mol. The van der Waals surface area contributed by atoms with Crippen molar-refractivity contribution in [3.63, 3.8) is 0 Å². The molecule has 1 aliphatic heterocycles. The number of carbonyl (C=O) groups excluding carboxylic acids is 1. The Bertz CT molecular complexity index is 335. The van der Waals surface area contributed by atoms with Gasteiger partial charge in [0, 0.05) is 13.1 Å². The van der Waals surface area contributed by atoms with Gasteiger partial charge in [-0.3, -0.25) is 4.79 Å². The Labute approximate surface area is 88.0 Å². The molecule has 1 amide bonds. The minimum Gasteiger partial charge on any atom is -0.336 e. The highest BCUT2D eigenvalue weighted by atomic mass is 16.2. The van der Waals surface area contributed by atoms with Crippen LogP contribution < -0.4 is 0 Å². The summed E-state index contributed by atoms with van der Waals surface area (Å²) in [7, 11) is 0. The molecule has 0 aromatic carbocycles. The van der Waals surface area contributed by atoms with E-state index in [4.69, 9.17) is 0 Å². The number of rotatable bonds is 1. The number of piperidine rings is 1. The first-order chi connectivity index (χ1) is 7.08. The van der Waals surface area contributed by atoms with Gasteiger partial charge >= 0.3 is 0 Å². The summed E-state index contributed by atoms with van der Waals surface area (Å²) in [6, 6.07) is 0. The molecule has 0 spiro atoms. The fraction of sp³-hybridized carbons (Fsp3) is 0.778. The number of nitrogens with one attached hydrogen (secondary N) is 1. The van der Waals surface area contributed by atoms with Gasteiger partial charge in [0.2, 0.25) is 0 Å². The van der Waals surface area contributed by atoms with E-state index in [9.17, 15) is 4.79 Å². The second kappa shape index (κ2) is 3.60. The first kappa shape index (κ1) is 10.1. The molecule has 6 heteroatoms. The Morgan fingerprint density at radius 1 is 1.40 bits per heavy atom. The summed E-state index contributed by atoms with van der Waals surface area (Å²) in [4.78, 5) is 13.6. The highest BCUT2D eigenvalue weighted by molar-refractivity contribution is 5.90. The van der Waals surface area contributed by atoms with Crippen LogP contribution in [0.15, 0.2) is 0 Å². The SMILES string of the molecule is CC1(C)CCN(C(=O)c2nn[nH]n2)CC1. The van der Waals surface area contributed by atoms with Gasteiger partial charge in [-0.2, -0.15) is 5.21 Å². The van der Waals surface area contributed by atoms with Crippen molar-refractivity contribution in [1.82, 2.24) is 25.5 Å². The molecular formula is C9H15N5O. The zero-order chi connectivity index (χ0) is 10.9. The number of tetrazole rings is 1. The quantitative estimate of drug-likeness (QED) is 0.729. The van der Waals surface area contributed by atoms with Crippen LogP contribution in [0, 0.1) is 5.41 Å². The summed E-state index contributed by atoms with van der Waals surface area (Å²) in [5, 5.41) is 13.0. The van der Waals surface area contributed by atoms with Gasteiger partial charge in [0.1, 0.15) is 0 Å². The molecule has 1 aromatic heterocycles. The number of hydrogen-bond acceptors (Lipinski definition) is 4. The number of aromatic amines is 1. The highest BCUT2D eigenvalue weighted by Gasteiger charge is 2.29. The van der Waals surface area contributed by atoms with Gasteiger partial charge < -0.3 is 4.90 Å². The molecule has 0 radical (unpaired) electrons. The molecule has 6 nitrogen and oxygen atoms in total. The van der Waals surface area contributed by atoms with Gasteiger partial charge in [0.15, 0.2) is 0 Å². The van der Waals surface area contributed by atoms with E-state index >= 15 is 0 Å². The number of nitrogens with zero attached hydrogens (tertiary/aromatic N) is 4. The van der Waals surface area contributed by atoms with Crippen LogP contribution in [0.5, 0.6) is 0 Å². The van der Waals surface area contributed by atoms with E-state index in [2.05, 4.69) is 34.5 Å². The van der Waals surface area contributed by atoms with Crippen LogP contribution >= 0.6 is 0 Å². The van der Waals surface area contributed by atoms with Crippen LogP contribution in [0.3, 0.4) is 0 Å². The third-order valence-electron chi connectivity index (χ3n) is 2.94. The summed E-state index contributed by atoms with van der Waals surface area (Å²) in [5.41, 5.74) is 0.341. The van der Waals surface area contributed by atoms with Crippen molar-refractivity contribution in [2.24, 2.45) is 5.41 Å². The Morgan fingerprint density at radius 3 is 2.60 bits per heavy atom. The summed E-state index contributed by atoms with van der Waals surface area (Å²) >= 11 is 0. The van der Waals surface area contributed by atoms with Crippen LogP contribution in [0.2, 0.25) is 0 Å². The predicted octanol–water partition coefficient (Wildman–Crippen LogP) is 0.462. The predicted molar refractivity (Wildman–Crippen MR) is 53.1 cm³/mol. The molecule has 1 aromatic rings. The number of aromatic nitrogens is 4. The van der Waals surface area contributed by atoms with Crippen molar-refractivity contribution in [2.45, 2.75) is 26.7 Å². The standard InChI is InChI=1S/C9H15N5O/c1-9(2)3-5-14(6-4-9)8(15)7-10-12-13-11-7/h3-6H2,1-2H3,(H,10,11,12,13). The molecule has 2 heterocycles. The van der Waals surface area contributed by atoms with Crippen molar-refractivity contribution in [1.29, 1.82) is 0 Å². The first-order valence-corrected chi connectivity index (χ1v) is 5.11. The fourth-order valence-electron chi connectivity index (χ4n) is 1.71. The second-order valence-electron chi connectivity index (χ2n) is 4.69. The fourth-order valence-corrected chi connectivity index (χ4v) is 1.71. The van der Waals surface area contributed by atoms with Gasteiger partial charge in [-0.15, -0.1) is 10.2 Å². The Morgan fingerprint density at radius 2 is 2.07 bits per heavy atom. The average Bonchev–Trinajstić information content (AvgIpc) is 2.69. The van der Waals surface area contributed by atoms with E-state index < -0.39 is 0 Å². The van der Waals surface area contributed by atoms with E-state index in [0.717, 1.165) is 25.9 Å². The highest BCUT2D eigenvalue weighted by Crippen LogP contribution is 2.29. The molecule has 15 heavy (non-hydrogen) atoms. The number of H-pyrrole nitrogens is 1. The summed E-state index contributed by atoms with van der Waals surface area (Å²) in [6.07, 6.45) is 2.05. The van der Waals surface area contributed by atoms with Crippen LogP contribution in [-0.2, 0) is 0 Å². The zero-order valence-corrected chi connectivity index (χ0v) is 9.03. The summed E-state index contributed by atoms with van der Waals surface area (Å²) < 4.78 is 0. The molecule has 0 saturated carbocycles. The zero-order valence-electron chi connectivity index (χ0n) is 9.03. The molecule has 0 bridgehead atoms. The van der Waals surface area contributed by atoms with E-state index in [1.807, 2.05) is 0 Å². The third-order valence-corrected chi connectivity index (χ3v) is 2.94. The lowest BCUT2D eigenvalue weighted by atomic mass is 9.83. The molecule has 1 aliphatic rings. The lowest BCUT2D eigenvalue weighted by Crippen LogP contribution is -2.41. The third kappa shape index (κ3) is 2.14. The topological polar surface area (TPSA) is 74.8 Å². The number of amides is 1. The van der Waals surface area contributed by atoms with Crippen molar-refractivity contribution >= 4 is 5.91 Å². The normalized spacial score (nSPS) is 20.3. The Balaban J connectivity index is 2.00. The summed E-state index contributed by atoms with van der Waals surface area (Å²) in [6.45, 7) is 6.01. The molecule has 82 valence electrons. The Kier molecular flexibility index (Phi) is 2.42. The molecule has 1 fully saturated rings. The smallest absolute Gasteiger partial charge is 0.295 e. The first-order valence-electron chi connectivity index (χ1n) is 5.11. The van der Waals surface area contributed by atoms with Crippen molar-refractivity contribution in [3.05, 3.63) is 5.82 Å². The molecule has 0 atom stereocenters. The molecule has 0 aliphatic carbocycles. The van der Waals surface area contributed by atoms with E-state index in [-0.39, 0.29) is 11.7 Å². The van der Waals surface area contributed by atoms with E-state index in [1.165, 1.54) is 0 Å². The van der Waals surface area contributed by atoms with Crippen LogP contribution in [0.25, 0.3) is 0 Å². The summed E-state index contributed by atoms with van der Waals surface area (Å²) in [5.74, 6) is 0.0361. The van der Waals surface area contributed by atoms with Crippen LogP contribution in [0.1, 0.15) is 37.3 Å². The van der Waals surface area contributed by atoms with Gasteiger partial charge in [-0.1, -0.05) is 13.8 Å². The van der Waals surface area contributed by atoms with Gasteiger partial charge in [0.05, 0.1) is 0 Å². The largest absolute Gasteiger partial charge is 0.336 e. The molecule has 1 N–H and O–H groups in total. The minimum absolute atomic E-state index is 0.126. The van der Waals surface area contributed by atoms with Gasteiger partial charge in [0.25, 0.3) is 11.7 Å². The van der Waals surface area contributed by atoms with Crippen LogP contribution in [0.4, 0.5) is 0 Å². The average molecular weight is 209 g/mol. The monoisotopic (exact) mass is 209 g/mol. The maximum Gasteiger partial charge on any atom is 0.295 e. The lowest BCUT2D eigenvalue weighted by Gasteiger charge is -2.36. The molecule has 0 unspecified atom stereocenters. The second-order valence-corrected chi connectivity index (χ2v) is 4.69. The molecule has 1 saturated heterocycles. The Hall–Kier alpha value is -1.46. The van der Waals surface area contributed by atoms with Crippen molar-refractivity contribution < 1.29 is 4.79 Å². The van der Waals surface area contributed by atoms with Gasteiger partial charge in [-0.05, 0) is 23.5 Å². The lowest BCUT2D eigenvalue weighted by molar-refractivity contribution is 0.0618. The maximum atomic E-state index is 11.8. The number of carbonyl (C=O) groups is 1. The van der Waals surface area contributed by atoms with Gasteiger partial charge in [-0.25, -0.2) is 0 Å². The van der Waals surface area contributed by atoms with Crippen LogP contribution in [-0.4, -0.2) is 44.5 Å². The van der Waals surface area contributed by atoms with E-state index in [0.29, 0.717) is 5.41 Å². The number of likely N-dealkylation sites (tertiary alicyclic amines) is 1. The molecule has 2 rings (SSSR count). The van der Waals surface area contributed by atoms with Crippen molar-refractivity contribution in [2.75, 3.05) is 13.1 Å². The minimum atomic E-state index is -0.126.